The fourth-order valence-corrected chi connectivity index (χ4v) is 5.49. The molecule has 1 aliphatic heterocycles. The van der Waals surface area contributed by atoms with Gasteiger partial charge in [0.05, 0.1) is 16.9 Å². The van der Waals surface area contributed by atoms with Gasteiger partial charge >= 0.3 is 5.97 Å². The molecule has 1 N–H and O–H groups in total. The van der Waals surface area contributed by atoms with Crippen molar-refractivity contribution < 1.29 is 23.1 Å². The second-order valence-electron chi connectivity index (χ2n) is 7.08. The molecule has 6 nitrogen and oxygen atoms in total. The van der Waals surface area contributed by atoms with E-state index in [1.54, 1.807) is 4.90 Å². The third-order valence-electron chi connectivity index (χ3n) is 4.86. The standard InChI is InChI=1S/C15H25NO5S/c1-11(2)9-22(20,21)7-5-13(17)16-8-12-4-3-6-15(12,10-16)14(18)19/h11-12H,3-10H2,1-2H3,(H,18,19)/t12-,15+/m0/s1. The molecule has 2 aliphatic rings. The van der Waals surface area contributed by atoms with Crippen LogP contribution in [-0.4, -0.2) is 54.9 Å². The van der Waals surface area contributed by atoms with Gasteiger partial charge in [-0.2, -0.15) is 0 Å². The van der Waals surface area contributed by atoms with E-state index >= 15 is 0 Å². The first-order valence-corrected chi connectivity index (χ1v) is 9.70. The van der Waals surface area contributed by atoms with Gasteiger partial charge in [0.2, 0.25) is 5.91 Å². The summed E-state index contributed by atoms with van der Waals surface area (Å²) in [7, 11) is -3.22. The van der Waals surface area contributed by atoms with Crippen molar-refractivity contribution in [3.05, 3.63) is 0 Å². The van der Waals surface area contributed by atoms with Gasteiger partial charge in [0.15, 0.2) is 9.84 Å². The zero-order chi connectivity index (χ0) is 16.5. The van der Waals surface area contributed by atoms with E-state index in [2.05, 4.69) is 0 Å². The van der Waals surface area contributed by atoms with Crippen molar-refractivity contribution >= 4 is 21.7 Å². The normalized spacial score (nSPS) is 28.1. The van der Waals surface area contributed by atoms with Crippen LogP contribution in [0, 0.1) is 17.3 Å². The quantitative estimate of drug-likeness (QED) is 0.788. The molecule has 0 aromatic rings. The van der Waals surface area contributed by atoms with Gasteiger partial charge in [0.25, 0.3) is 0 Å². The summed E-state index contributed by atoms with van der Waals surface area (Å²) in [5.74, 6) is -1.06. The third kappa shape index (κ3) is 3.45. The Labute approximate surface area is 131 Å². The van der Waals surface area contributed by atoms with E-state index in [0.717, 1.165) is 12.8 Å². The molecule has 0 spiro atoms. The highest BCUT2D eigenvalue weighted by Gasteiger charge is 2.55. The average molecular weight is 331 g/mol. The molecule has 0 unspecified atom stereocenters. The molecule has 2 atom stereocenters. The minimum atomic E-state index is -3.22. The molecule has 126 valence electrons. The summed E-state index contributed by atoms with van der Waals surface area (Å²) in [6.45, 7) is 4.35. The van der Waals surface area contributed by atoms with Gasteiger partial charge in [-0.25, -0.2) is 8.42 Å². The van der Waals surface area contributed by atoms with E-state index in [1.165, 1.54) is 0 Å². The van der Waals surface area contributed by atoms with Crippen LogP contribution in [0.1, 0.15) is 39.5 Å². The van der Waals surface area contributed by atoms with Crippen LogP contribution in [0.25, 0.3) is 0 Å². The molecule has 0 radical (unpaired) electrons. The predicted molar refractivity (Wildman–Crippen MR) is 82.1 cm³/mol. The lowest BCUT2D eigenvalue weighted by atomic mass is 9.81. The number of nitrogens with zero attached hydrogens (tertiary/aromatic N) is 1. The Kier molecular flexibility index (Phi) is 4.84. The molecule has 1 saturated carbocycles. The number of rotatable bonds is 6. The first-order valence-electron chi connectivity index (χ1n) is 7.88. The zero-order valence-corrected chi connectivity index (χ0v) is 14.1. The fourth-order valence-electron chi connectivity index (χ4n) is 3.82. The molecular formula is C15H25NO5S. The van der Waals surface area contributed by atoms with E-state index in [0.29, 0.717) is 13.0 Å². The molecule has 1 aliphatic carbocycles. The maximum atomic E-state index is 12.2. The first kappa shape index (κ1) is 17.2. The number of carbonyl (C=O) groups is 2. The summed E-state index contributed by atoms with van der Waals surface area (Å²) in [6, 6.07) is 0. The summed E-state index contributed by atoms with van der Waals surface area (Å²) in [4.78, 5) is 25.4. The molecule has 22 heavy (non-hydrogen) atoms. The lowest BCUT2D eigenvalue weighted by Crippen LogP contribution is -2.37. The zero-order valence-electron chi connectivity index (χ0n) is 13.2. The Bertz CT molecular complexity index is 556. The third-order valence-corrected chi connectivity index (χ3v) is 6.86. The molecule has 1 heterocycles. The molecule has 2 rings (SSSR count). The average Bonchev–Trinajstić information content (AvgIpc) is 2.91. The number of carboxylic acids is 1. The minimum absolute atomic E-state index is 0.0150. The number of sulfone groups is 1. The minimum Gasteiger partial charge on any atom is -0.481 e. The van der Waals surface area contributed by atoms with Crippen LogP contribution in [0.4, 0.5) is 0 Å². The van der Waals surface area contributed by atoms with Crippen molar-refractivity contribution in [2.75, 3.05) is 24.6 Å². The molecule has 1 amide bonds. The number of carboxylic acid groups (broad SMARTS) is 1. The van der Waals surface area contributed by atoms with Crippen LogP contribution >= 0.6 is 0 Å². The van der Waals surface area contributed by atoms with E-state index in [9.17, 15) is 23.1 Å². The van der Waals surface area contributed by atoms with Crippen LogP contribution in [0.5, 0.6) is 0 Å². The van der Waals surface area contributed by atoms with Crippen molar-refractivity contribution in [3.63, 3.8) is 0 Å². The highest BCUT2D eigenvalue weighted by atomic mass is 32.2. The molecule has 2 fully saturated rings. The second kappa shape index (κ2) is 6.18. The van der Waals surface area contributed by atoms with Crippen LogP contribution < -0.4 is 0 Å². The van der Waals surface area contributed by atoms with Gasteiger partial charge in [-0.1, -0.05) is 20.3 Å². The number of likely N-dealkylation sites (tertiary alicyclic amines) is 1. The van der Waals surface area contributed by atoms with Crippen LogP contribution in [0.3, 0.4) is 0 Å². The van der Waals surface area contributed by atoms with E-state index in [1.807, 2.05) is 13.8 Å². The van der Waals surface area contributed by atoms with Gasteiger partial charge < -0.3 is 10.0 Å². The number of hydrogen-bond donors (Lipinski definition) is 1. The summed E-state index contributed by atoms with van der Waals surface area (Å²) in [6.07, 6.45) is 2.30. The number of carbonyl (C=O) groups excluding carboxylic acids is 1. The smallest absolute Gasteiger partial charge is 0.311 e. The molecular weight excluding hydrogens is 306 g/mol. The molecule has 0 aromatic heterocycles. The maximum Gasteiger partial charge on any atom is 0.311 e. The number of aliphatic carboxylic acids is 1. The summed E-state index contributed by atoms with van der Waals surface area (Å²) >= 11 is 0. The number of fused-ring (bicyclic) bond motifs is 1. The van der Waals surface area contributed by atoms with Crippen LogP contribution in [0.15, 0.2) is 0 Å². The predicted octanol–water partition coefficient (Wildman–Crippen LogP) is 1.16. The summed E-state index contributed by atoms with van der Waals surface area (Å²) < 4.78 is 23.7. The van der Waals surface area contributed by atoms with Crippen LogP contribution in [-0.2, 0) is 19.4 Å². The van der Waals surface area contributed by atoms with Crippen LogP contribution in [0.2, 0.25) is 0 Å². The first-order chi connectivity index (χ1) is 10.2. The van der Waals surface area contributed by atoms with Crippen molar-refractivity contribution in [1.82, 2.24) is 4.90 Å². The fraction of sp³-hybridized carbons (Fsp3) is 0.867. The highest BCUT2D eigenvalue weighted by Crippen LogP contribution is 2.48. The van der Waals surface area contributed by atoms with Crippen molar-refractivity contribution in [2.24, 2.45) is 17.3 Å². The molecule has 0 aromatic carbocycles. The largest absolute Gasteiger partial charge is 0.481 e. The lowest BCUT2D eigenvalue weighted by Gasteiger charge is -2.23. The molecule has 7 heteroatoms. The lowest BCUT2D eigenvalue weighted by molar-refractivity contribution is -0.149. The Morgan fingerprint density at radius 1 is 1.36 bits per heavy atom. The Morgan fingerprint density at radius 2 is 2.05 bits per heavy atom. The monoisotopic (exact) mass is 331 g/mol. The Morgan fingerprint density at radius 3 is 2.59 bits per heavy atom. The van der Waals surface area contributed by atoms with Gasteiger partial charge in [0, 0.05) is 19.5 Å². The van der Waals surface area contributed by atoms with Gasteiger partial charge in [0.1, 0.15) is 0 Å². The number of hydrogen-bond acceptors (Lipinski definition) is 4. The highest BCUT2D eigenvalue weighted by molar-refractivity contribution is 7.91. The summed E-state index contributed by atoms with van der Waals surface area (Å²) in [5, 5.41) is 9.50. The van der Waals surface area contributed by atoms with E-state index in [4.69, 9.17) is 0 Å². The molecule has 1 saturated heterocycles. The Balaban J connectivity index is 1.94. The summed E-state index contributed by atoms with van der Waals surface area (Å²) in [5.41, 5.74) is -0.799. The van der Waals surface area contributed by atoms with Gasteiger partial charge in [-0.15, -0.1) is 0 Å². The van der Waals surface area contributed by atoms with Crippen molar-refractivity contribution in [3.8, 4) is 0 Å². The topological polar surface area (TPSA) is 91.8 Å². The van der Waals surface area contributed by atoms with Gasteiger partial charge in [-0.3, -0.25) is 9.59 Å². The van der Waals surface area contributed by atoms with E-state index in [-0.39, 0.29) is 42.2 Å². The van der Waals surface area contributed by atoms with E-state index < -0.39 is 21.2 Å². The SMILES string of the molecule is CC(C)CS(=O)(=O)CCC(=O)N1C[C@@H]2CCC[C@@]2(C(=O)O)C1. The second-order valence-corrected chi connectivity index (χ2v) is 9.31. The maximum absolute atomic E-state index is 12.2. The Hall–Kier alpha value is -1.11. The van der Waals surface area contributed by atoms with Gasteiger partial charge in [-0.05, 0) is 24.7 Å². The van der Waals surface area contributed by atoms with Crippen molar-refractivity contribution in [2.45, 2.75) is 39.5 Å². The van der Waals surface area contributed by atoms with Crippen molar-refractivity contribution in [1.29, 1.82) is 0 Å². The molecule has 0 bridgehead atoms. The number of amides is 1.